The lowest BCUT2D eigenvalue weighted by molar-refractivity contribution is 0.583. The SMILES string of the molecule is CCN(CC1CCCN1)c1ccc(S(N)(=O)=O)cn1. The van der Waals surface area contributed by atoms with Gasteiger partial charge in [-0.25, -0.2) is 18.5 Å². The van der Waals surface area contributed by atoms with Crippen LogP contribution in [-0.4, -0.2) is 39.1 Å². The van der Waals surface area contributed by atoms with Gasteiger partial charge in [0, 0.05) is 25.3 Å². The lowest BCUT2D eigenvalue weighted by Crippen LogP contribution is -2.37. The van der Waals surface area contributed by atoms with Crippen molar-refractivity contribution in [2.45, 2.75) is 30.7 Å². The Hall–Kier alpha value is -1.18. The van der Waals surface area contributed by atoms with Crippen molar-refractivity contribution in [3.63, 3.8) is 0 Å². The van der Waals surface area contributed by atoms with Crippen molar-refractivity contribution in [2.24, 2.45) is 5.14 Å². The zero-order valence-electron chi connectivity index (χ0n) is 11.0. The molecule has 1 aliphatic heterocycles. The fourth-order valence-corrected chi connectivity index (χ4v) is 2.75. The van der Waals surface area contributed by atoms with Crippen molar-refractivity contribution in [1.82, 2.24) is 10.3 Å². The number of hydrogen-bond acceptors (Lipinski definition) is 5. The number of pyridine rings is 1. The average Bonchev–Trinajstić information content (AvgIpc) is 2.88. The molecule has 106 valence electrons. The molecule has 1 atom stereocenters. The average molecular weight is 284 g/mol. The second-order valence-corrected chi connectivity index (χ2v) is 6.29. The largest absolute Gasteiger partial charge is 0.355 e. The van der Waals surface area contributed by atoms with E-state index in [1.54, 1.807) is 6.07 Å². The molecule has 0 amide bonds. The van der Waals surface area contributed by atoms with Gasteiger partial charge in [0.15, 0.2) is 0 Å². The van der Waals surface area contributed by atoms with E-state index in [-0.39, 0.29) is 4.90 Å². The van der Waals surface area contributed by atoms with Crippen LogP contribution in [0.1, 0.15) is 19.8 Å². The van der Waals surface area contributed by atoms with Crippen molar-refractivity contribution in [2.75, 3.05) is 24.5 Å². The minimum absolute atomic E-state index is 0.0475. The van der Waals surface area contributed by atoms with Gasteiger partial charge in [0.2, 0.25) is 10.0 Å². The summed E-state index contributed by atoms with van der Waals surface area (Å²) in [6.07, 6.45) is 3.70. The van der Waals surface area contributed by atoms with E-state index < -0.39 is 10.0 Å². The zero-order valence-corrected chi connectivity index (χ0v) is 11.9. The topological polar surface area (TPSA) is 88.3 Å². The number of aromatic nitrogens is 1. The molecule has 0 saturated carbocycles. The predicted octanol–water partition coefficient (Wildman–Crippen LogP) is 0.307. The molecular weight excluding hydrogens is 264 g/mol. The quantitative estimate of drug-likeness (QED) is 0.812. The van der Waals surface area contributed by atoms with Crippen LogP contribution in [0.3, 0.4) is 0 Å². The Bertz CT molecular complexity index is 509. The standard InChI is InChI=1S/C12H20N4O2S/c1-2-16(9-10-4-3-7-14-10)12-6-5-11(8-15-12)19(13,17)18/h5-6,8,10,14H,2-4,7,9H2,1H3,(H2,13,17,18). The highest BCUT2D eigenvalue weighted by Gasteiger charge is 2.18. The molecule has 0 aliphatic carbocycles. The molecule has 1 fully saturated rings. The van der Waals surface area contributed by atoms with Crippen molar-refractivity contribution < 1.29 is 8.42 Å². The van der Waals surface area contributed by atoms with Crippen molar-refractivity contribution >= 4 is 15.8 Å². The minimum atomic E-state index is -3.67. The lowest BCUT2D eigenvalue weighted by Gasteiger charge is -2.25. The summed E-state index contributed by atoms with van der Waals surface area (Å²) in [5.41, 5.74) is 0. The van der Waals surface area contributed by atoms with Crippen LogP contribution in [0.5, 0.6) is 0 Å². The molecule has 0 aromatic carbocycles. The van der Waals surface area contributed by atoms with Crippen LogP contribution in [0.15, 0.2) is 23.2 Å². The van der Waals surface area contributed by atoms with Crippen molar-refractivity contribution in [3.05, 3.63) is 18.3 Å². The Kier molecular flexibility index (Phi) is 4.38. The molecule has 1 unspecified atom stereocenters. The van der Waals surface area contributed by atoms with Crippen LogP contribution in [0.2, 0.25) is 0 Å². The fourth-order valence-electron chi connectivity index (χ4n) is 2.29. The molecule has 0 radical (unpaired) electrons. The Morgan fingerprint density at radius 2 is 2.32 bits per heavy atom. The molecule has 7 heteroatoms. The molecule has 0 bridgehead atoms. The molecule has 2 rings (SSSR count). The van der Waals surface area contributed by atoms with E-state index in [0.29, 0.717) is 6.04 Å². The maximum Gasteiger partial charge on any atom is 0.239 e. The Balaban J connectivity index is 2.10. The molecule has 2 heterocycles. The first kappa shape index (κ1) is 14.2. The van der Waals surface area contributed by atoms with Crippen LogP contribution in [0.4, 0.5) is 5.82 Å². The number of nitrogens with two attached hydrogens (primary N) is 1. The summed E-state index contributed by atoms with van der Waals surface area (Å²) in [5, 5.41) is 8.50. The molecule has 1 aliphatic rings. The van der Waals surface area contributed by atoms with E-state index in [4.69, 9.17) is 5.14 Å². The van der Waals surface area contributed by atoms with Gasteiger partial charge in [-0.3, -0.25) is 0 Å². The van der Waals surface area contributed by atoms with Gasteiger partial charge in [0.05, 0.1) is 0 Å². The summed E-state index contributed by atoms with van der Waals surface area (Å²) in [4.78, 5) is 6.38. The molecule has 6 nitrogen and oxygen atoms in total. The summed E-state index contributed by atoms with van der Waals surface area (Å²) in [6.45, 7) is 4.85. The van der Waals surface area contributed by atoms with Gasteiger partial charge in [-0.2, -0.15) is 0 Å². The summed E-state index contributed by atoms with van der Waals surface area (Å²) < 4.78 is 22.4. The molecule has 1 aromatic heterocycles. The number of rotatable bonds is 5. The summed E-state index contributed by atoms with van der Waals surface area (Å²) >= 11 is 0. The van der Waals surface area contributed by atoms with Gasteiger partial charge in [-0.1, -0.05) is 0 Å². The van der Waals surface area contributed by atoms with Gasteiger partial charge in [-0.15, -0.1) is 0 Å². The summed E-state index contributed by atoms with van der Waals surface area (Å²) in [6, 6.07) is 3.69. The highest BCUT2D eigenvalue weighted by atomic mass is 32.2. The van der Waals surface area contributed by atoms with Crippen LogP contribution < -0.4 is 15.4 Å². The fraction of sp³-hybridized carbons (Fsp3) is 0.583. The molecule has 1 aromatic rings. The summed E-state index contributed by atoms with van der Waals surface area (Å²) in [5.74, 6) is 0.781. The van der Waals surface area contributed by atoms with Crippen molar-refractivity contribution in [1.29, 1.82) is 0 Å². The van der Waals surface area contributed by atoms with E-state index in [1.165, 1.54) is 25.1 Å². The maximum absolute atomic E-state index is 11.2. The normalized spacial score (nSPS) is 19.6. The van der Waals surface area contributed by atoms with E-state index in [0.717, 1.165) is 25.5 Å². The van der Waals surface area contributed by atoms with Crippen LogP contribution in [0, 0.1) is 0 Å². The van der Waals surface area contributed by atoms with Gasteiger partial charge in [0.25, 0.3) is 0 Å². The van der Waals surface area contributed by atoms with E-state index in [2.05, 4.69) is 22.1 Å². The molecule has 1 saturated heterocycles. The monoisotopic (exact) mass is 284 g/mol. The lowest BCUT2D eigenvalue weighted by atomic mass is 10.2. The van der Waals surface area contributed by atoms with Gasteiger partial charge in [-0.05, 0) is 38.4 Å². The van der Waals surface area contributed by atoms with Gasteiger partial charge in [0.1, 0.15) is 10.7 Å². The molecule has 0 spiro atoms. The van der Waals surface area contributed by atoms with E-state index >= 15 is 0 Å². The third-order valence-electron chi connectivity index (χ3n) is 3.36. The number of nitrogens with one attached hydrogen (secondary N) is 1. The van der Waals surface area contributed by atoms with Gasteiger partial charge < -0.3 is 10.2 Å². The van der Waals surface area contributed by atoms with Crippen LogP contribution >= 0.6 is 0 Å². The molecule has 19 heavy (non-hydrogen) atoms. The number of sulfonamides is 1. The summed E-state index contributed by atoms with van der Waals surface area (Å²) in [7, 11) is -3.67. The van der Waals surface area contributed by atoms with Crippen LogP contribution in [0.25, 0.3) is 0 Å². The Morgan fingerprint density at radius 1 is 1.53 bits per heavy atom. The molecular formula is C12H20N4O2S. The number of likely N-dealkylation sites (N-methyl/N-ethyl adjacent to an activating group) is 1. The van der Waals surface area contributed by atoms with Crippen LogP contribution in [-0.2, 0) is 10.0 Å². The van der Waals surface area contributed by atoms with E-state index in [1.807, 2.05) is 0 Å². The number of anilines is 1. The number of nitrogens with zero attached hydrogens (tertiary/aromatic N) is 2. The van der Waals surface area contributed by atoms with E-state index in [9.17, 15) is 8.42 Å². The first-order valence-electron chi connectivity index (χ1n) is 6.48. The maximum atomic E-state index is 11.2. The Labute approximate surface area is 114 Å². The minimum Gasteiger partial charge on any atom is -0.355 e. The highest BCUT2D eigenvalue weighted by Crippen LogP contribution is 2.16. The number of primary sulfonamides is 1. The van der Waals surface area contributed by atoms with Crippen molar-refractivity contribution in [3.8, 4) is 0 Å². The smallest absolute Gasteiger partial charge is 0.239 e. The first-order chi connectivity index (χ1) is 9.00. The predicted molar refractivity (Wildman–Crippen MR) is 74.5 cm³/mol. The third-order valence-corrected chi connectivity index (χ3v) is 4.26. The first-order valence-corrected chi connectivity index (χ1v) is 8.02. The molecule has 3 N–H and O–H groups in total. The Morgan fingerprint density at radius 3 is 2.79 bits per heavy atom. The second kappa shape index (κ2) is 5.85. The number of hydrogen-bond donors (Lipinski definition) is 2. The highest BCUT2D eigenvalue weighted by molar-refractivity contribution is 7.89. The second-order valence-electron chi connectivity index (χ2n) is 4.73. The third kappa shape index (κ3) is 3.65. The zero-order chi connectivity index (χ0) is 13.9. The van der Waals surface area contributed by atoms with Gasteiger partial charge >= 0.3 is 0 Å².